The summed E-state index contributed by atoms with van der Waals surface area (Å²) in [4.78, 5) is 32.8. The van der Waals surface area contributed by atoms with Crippen molar-refractivity contribution in [3.8, 4) is 34.4 Å². The zero-order valence-electron chi connectivity index (χ0n) is 32.5. The molecule has 0 bridgehead atoms. The van der Waals surface area contributed by atoms with Gasteiger partial charge in [-0.25, -0.2) is 29.9 Å². The van der Waals surface area contributed by atoms with Crippen LogP contribution in [0.5, 0.6) is 11.9 Å². The maximum absolute atomic E-state index is 5.22. The molecule has 0 aliphatic carbocycles. The van der Waals surface area contributed by atoms with Gasteiger partial charge >= 0.3 is 6.01 Å². The highest BCUT2D eigenvalue weighted by atomic mass is 16.5. The normalized spacial score (nSPS) is 11.0. The third-order valence-electron chi connectivity index (χ3n) is 8.99. The summed E-state index contributed by atoms with van der Waals surface area (Å²) in [6, 6.07) is 5.12. The van der Waals surface area contributed by atoms with E-state index in [1.54, 1.807) is 20.4 Å². The third kappa shape index (κ3) is 9.85. The molecular weight excluding hydrogens is 626 g/mol. The summed E-state index contributed by atoms with van der Waals surface area (Å²) in [5.41, 5.74) is 9.44. The number of anilines is 2. The number of aromatic nitrogens is 7. The van der Waals surface area contributed by atoms with Gasteiger partial charge in [-0.15, -0.1) is 0 Å². The Bertz CT molecular complexity index is 1550. The van der Waals surface area contributed by atoms with Crippen LogP contribution in [0.15, 0.2) is 18.3 Å². The van der Waals surface area contributed by atoms with Crippen LogP contribution in [0.1, 0.15) is 115 Å². The lowest BCUT2D eigenvalue weighted by Gasteiger charge is -2.20. The Balaban J connectivity index is 0.000000270. The first-order valence-electron chi connectivity index (χ1n) is 18.4. The minimum atomic E-state index is 0.370. The highest BCUT2D eigenvalue weighted by Gasteiger charge is 2.19. The van der Waals surface area contributed by atoms with Crippen molar-refractivity contribution >= 4 is 11.6 Å². The van der Waals surface area contributed by atoms with Crippen LogP contribution in [0.3, 0.4) is 0 Å². The molecule has 0 radical (unpaired) electrons. The number of aryl methyl sites for hydroxylation is 6. The minimum absolute atomic E-state index is 0.370. The van der Waals surface area contributed by atoms with E-state index in [0.717, 1.165) is 120 Å². The highest BCUT2D eigenvalue weighted by Crippen LogP contribution is 2.30. The average Bonchev–Trinajstić information content (AvgIpc) is 3.15. The molecule has 4 aromatic heterocycles. The van der Waals surface area contributed by atoms with Crippen LogP contribution in [-0.4, -0.2) is 61.2 Å². The first-order valence-corrected chi connectivity index (χ1v) is 18.4. The fourth-order valence-electron chi connectivity index (χ4n) is 5.71. The molecule has 0 atom stereocenters. The molecule has 4 heterocycles. The van der Waals surface area contributed by atoms with Gasteiger partial charge in [0.05, 0.1) is 59.8 Å². The first-order chi connectivity index (χ1) is 24.1. The van der Waals surface area contributed by atoms with Crippen molar-refractivity contribution in [3.63, 3.8) is 0 Å². The quantitative estimate of drug-likeness (QED) is 0.118. The molecule has 0 saturated heterocycles. The molecule has 0 spiro atoms. The Labute approximate surface area is 300 Å². The monoisotopic (exact) mass is 685 g/mol. The summed E-state index contributed by atoms with van der Waals surface area (Å²) in [7, 11) is 3.20. The van der Waals surface area contributed by atoms with Crippen LogP contribution < -0.4 is 20.1 Å². The van der Waals surface area contributed by atoms with Crippen LogP contribution in [-0.2, 0) is 25.7 Å². The van der Waals surface area contributed by atoms with Crippen LogP contribution in [0.25, 0.3) is 22.5 Å². The molecule has 0 saturated carbocycles. The van der Waals surface area contributed by atoms with Gasteiger partial charge < -0.3 is 20.1 Å². The van der Waals surface area contributed by atoms with Gasteiger partial charge in [-0.1, -0.05) is 55.4 Å². The van der Waals surface area contributed by atoms with Gasteiger partial charge in [-0.3, -0.25) is 0 Å². The molecule has 4 aromatic rings. The standard InChI is InChI=1S/C20H30N4O.C19H29N5O/c1-7-14(8-2)22-20-17(10-4)23-19(16(9-3)24-20)15-11-12-18(25-6)21-13(15)5;1-7-13(8-2)22-18-16(10-4)23-17(15(9-3)24-18)14-11-20-19(25-6)21-12(14)5/h11-12,14H,7-10H2,1-6H3,(H,22,24);11,13H,7-10H2,1-6H3,(H,22,24). The maximum Gasteiger partial charge on any atom is 0.316 e. The van der Waals surface area contributed by atoms with Crippen molar-refractivity contribution in [2.45, 2.75) is 133 Å². The second-order valence-electron chi connectivity index (χ2n) is 12.2. The third-order valence-corrected chi connectivity index (χ3v) is 8.99. The van der Waals surface area contributed by atoms with Crippen molar-refractivity contribution < 1.29 is 9.47 Å². The molecule has 0 aliphatic heterocycles. The summed E-state index contributed by atoms with van der Waals surface area (Å²) in [6.45, 7) is 21.1. The smallest absolute Gasteiger partial charge is 0.316 e. The van der Waals surface area contributed by atoms with E-state index in [2.05, 4.69) is 81.0 Å². The lowest BCUT2D eigenvalue weighted by molar-refractivity contribution is 0.379. The van der Waals surface area contributed by atoms with Crippen molar-refractivity contribution in [1.29, 1.82) is 0 Å². The number of hydrogen-bond donors (Lipinski definition) is 2. The molecule has 4 rings (SSSR count). The predicted octanol–water partition coefficient (Wildman–Crippen LogP) is 8.56. The lowest BCUT2D eigenvalue weighted by atomic mass is 10.1. The second kappa shape index (κ2) is 19.7. The summed E-state index contributed by atoms with van der Waals surface area (Å²) < 4.78 is 10.3. The molecule has 0 aliphatic rings. The maximum atomic E-state index is 5.22. The van der Waals surface area contributed by atoms with E-state index < -0.39 is 0 Å². The van der Waals surface area contributed by atoms with Gasteiger partial charge in [0.1, 0.15) is 11.6 Å². The van der Waals surface area contributed by atoms with E-state index in [-0.39, 0.29) is 0 Å². The number of ether oxygens (including phenoxy) is 2. The summed E-state index contributed by atoms with van der Waals surface area (Å²) in [5, 5.41) is 7.13. The average molecular weight is 686 g/mol. The zero-order chi connectivity index (χ0) is 36.8. The lowest BCUT2D eigenvalue weighted by Crippen LogP contribution is -2.20. The van der Waals surface area contributed by atoms with Gasteiger partial charge in [0.15, 0.2) is 0 Å². The Hall–Kier alpha value is -4.41. The molecule has 11 nitrogen and oxygen atoms in total. The fraction of sp³-hybridized carbons (Fsp3) is 0.564. The van der Waals surface area contributed by atoms with Gasteiger partial charge in [0, 0.05) is 35.5 Å². The number of hydrogen-bond acceptors (Lipinski definition) is 11. The molecular formula is C39H59N9O2. The van der Waals surface area contributed by atoms with Crippen LogP contribution in [0, 0.1) is 13.8 Å². The highest BCUT2D eigenvalue weighted by molar-refractivity contribution is 5.67. The SMILES string of the molecule is CCc1nc(-c2ccc(OC)nc2C)c(CC)nc1NC(CC)CC.CCc1nc(-c2cnc(OC)nc2C)c(CC)nc1NC(CC)CC. The van der Waals surface area contributed by atoms with Crippen molar-refractivity contribution in [2.75, 3.05) is 24.9 Å². The largest absolute Gasteiger partial charge is 0.481 e. The van der Waals surface area contributed by atoms with Gasteiger partial charge in [-0.05, 0) is 71.3 Å². The Morgan fingerprint density at radius 1 is 0.540 bits per heavy atom. The molecule has 272 valence electrons. The molecule has 50 heavy (non-hydrogen) atoms. The van der Waals surface area contributed by atoms with E-state index in [4.69, 9.17) is 29.4 Å². The molecule has 11 heteroatoms. The zero-order valence-corrected chi connectivity index (χ0v) is 32.5. The summed E-state index contributed by atoms with van der Waals surface area (Å²) in [6.07, 6.45) is 9.35. The molecule has 0 aromatic carbocycles. The van der Waals surface area contributed by atoms with Gasteiger partial charge in [0.25, 0.3) is 0 Å². The Morgan fingerprint density at radius 2 is 1.00 bits per heavy atom. The fourth-order valence-corrected chi connectivity index (χ4v) is 5.71. The summed E-state index contributed by atoms with van der Waals surface area (Å²) >= 11 is 0. The molecule has 2 N–H and O–H groups in total. The van der Waals surface area contributed by atoms with Crippen molar-refractivity contribution in [3.05, 3.63) is 52.5 Å². The molecule has 0 amide bonds. The number of methoxy groups -OCH3 is 2. The van der Waals surface area contributed by atoms with Crippen LogP contribution in [0.2, 0.25) is 0 Å². The predicted molar refractivity (Wildman–Crippen MR) is 204 cm³/mol. The Kier molecular flexibility index (Phi) is 15.8. The van der Waals surface area contributed by atoms with E-state index >= 15 is 0 Å². The summed E-state index contributed by atoms with van der Waals surface area (Å²) in [5.74, 6) is 2.45. The van der Waals surface area contributed by atoms with Crippen molar-refractivity contribution in [1.82, 2.24) is 34.9 Å². The number of rotatable bonds is 16. The van der Waals surface area contributed by atoms with Gasteiger partial charge in [0.2, 0.25) is 5.88 Å². The number of nitrogens with one attached hydrogen (secondary N) is 2. The van der Waals surface area contributed by atoms with Crippen molar-refractivity contribution in [2.24, 2.45) is 0 Å². The van der Waals surface area contributed by atoms with E-state index in [1.807, 2.05) is 26.0 Å². The Morgan fingerprint density at radius 3 is 1.38 bits per heavy atom. The topological polar surface area (TPSA) is 133 Å². The number of pyridine rings is 1. The first kappa shape index (κ1) is 40.0. The molecule has 0 unspecified atom stereocenters. The van der Waals surface area contributed by atoms with E-state index in [1.165, 1.54) is 0 Å². The van der Waals surface area contributed by atoms with Crippen LogP contribution in [0.4, 0.5) is 11.6 Å². The van der Waals surface area contributed by atoms with E-state index in [0.29, 0.717) is 24.0 Å². The van der Waals surface area contributed by atoms with Crippen LogP contribution >= 0.6 is 0 Å². The second-order valence-corrected chi connectivity index (χ2v) is 12.2. The minimum Gasteiger partial charge on any atom is -0.481 e. The number of nitrogens with zero attached hydrogens (tertiary/aromatic N) is 7. The van der Waals surface area contributed by atoms with Gasteiger partial charge in [-0.2, -0.15) is 4.98 Å². The molecule has 0 fully saturated rings. The van der Waals surface area contributed by atoms with E-state index in [9.17, 15) is 0 Å².